The first-order valence-electron chi connectivity index (χ1n) is 19.0. The van der Waals surface area contributed by atoms with E-state index in [0.717, 1.165) is 88.4 Å². The molecule has 0 aliphatic carbocycles. The summed E-state index contributed by atoms with van der Waals surface area (Å²) in [5.41, 5.74) is 12.0. The molecule has 0 amide bonds. The number of nitriles is 5. The third kappa shape index (κ3) is 5.61. The Morgan fingerprint density at radius 1 is 0.350 bits per heavy atom. The van der Waals surface area contributed by atoms with E-state index in [1.54, 1.807) is 48.8 Å². The van der Waals surface area contributed by atoms with Gasteiger partial charge in [0.1, 0.15) is 0 Å². The number of para-hydroxylation sites is 2. The second-order valence-electron chi connectivity index (χ2n) is 14.4. The topological polar surface area (TPSA) is 142 Å². The summed E-state index contributed by atoms with van der Waals surface area (Å²) in [7, 11) is 0. The minimum Gasteiger partial charge on any atom is -0.307 e. The van der Waals surface area contributed by atoms with E-state index in [1.807, 2.05) is 54.6 Å². The van der Waals surface area contributed by atoms with Crippen LogP contribution in [0.3, 0.4) is 0 Å². The molecule has 0 aliphatic rings. The van der Waals surface area contributed by atoms with Gasteiger partial charge in [-0.3, -0.25) is 4.98 Å². The van der Waals surface area contributed by atoms with Crippen molar-refractivity contribution in [1.29, 1.82) is 26.3 Å². The van der Waals surface area contributed by atoms with Crippen LogP contribution < -0.4 is 0 Å². The van der Waals surface area contributed by atoms with Crippen molar-refractivity contribution < 1.29 is 0 Å². The van der Waals surface area contributed by atoms with E-state index in [4.69, 9.17) is 0 Å². The van der Waals surface area contributed by atoms with Crippen molar-refractivity contribution in [3.63, 3.8) is 0 Å². The normalized spacial score (nSPS) is 10.9. The van der Waals surface area contributed by atoms with E-state index in [0.29, 0.717) is 27.8 Å². The number of nitrogens with zero attached hydrogens (tertiary/aromatic N) is 8. The minimum absolute atomic E-state index is 0.395. The summed E-state index contributed by atoms with van der Waals surface area (Å²) in [6.07, 6.45) is 3.43. The summed E-state index contributed by atoms with van der Waals surface area (Å²) in [4.78, 5) is 4.26. The molecule has 0 bridgehead atoms. The first-order valence-corrected chi connectivity index (χ1v) is 19.0. The van der Waals surface area contributed by atoms with Gasteiger partial charge in [-0.25, -0.2) is 0 Å². The van der Waals surface area contributed by atoms with Gasteiger partial charge >= 0.3 is 0 Å². The van der Waals surface area contributed by atoms with Crippen molar-refractivity contribution in [2.45, 2.75) is 0 Å². The van der Waals surface area contributed by atoms with Crippen LogP contribution >= 0.6 is 0 Å². The van der Waals surface area contributed by atoms with Crippen molar-refractivity contribution in [1.82, 2.24) is 14.1 Å². The molecule has 0 fully saturated rings. The highest BCUT2D eigenvalue weighted by atomic mass is 15.1. The zero-order chi connectivity index (χ0) is 40.9. The quantitative estimate of drug-likeness (QED) is 0.171. The van der Waals surface area contributed by atoms with Crippen LogP contribution in [-0.4, -0.2) is 14.1 Å². The third-order valence-electron chi connectivity index (χ3n) is 11.1. The molecule has 0 radical (unpaired) electrons. The maximum atomic E-state index is 10.9. The Hall–Kier alpha value is -9.26. The number of hydrogen-bond donors (Lipinski definition) is 0. The van der Waals surface area contributed by atoms with Crippen LogP contribution in [0.1, 0.15) is 27.8 Å². The highest BCUT2D eigenvalue weighted by Crippen LogP contribution is 2.42. The fourth-order valence-corrected chi connectivity index (χ4v) is 8.46. The van der Waals surface area contributed by atoms with Crippen LogP contribution in [0.4, 0.5) is 0 Å². The fraction of sp³-hybridized carbons (Fsp3) is 0. The smallest absolute Gasteiger partial charge is 0.0998 e. The van der Waals surface area contributed by atoms with Crippen LogP contribution in [0, 0.1) is 56.7 Å². The predicted molar refractivity (Wildman–Crippen MR) is 233 cm³/mol. The molecule has 7 aromatic carbocycles. The van der Waals surface area contributed by atoms with Crippen molar-refractivity contribution in [2.75, 3.05) is 0 Å². The van der Waals surface area contributed by atoms with E-state index >= 15 is 0 Å². The average Bonchev–Trinajstić information content (AvgIpc) is 3.82. The lowest BCUT2D eigenvalue weighted by Crippen LogP contribution is -2.05. The second-order valence-corrected chi connectivity index (χ2v) is 14.4. The molecule has 0 aliphatic heterocycles. The minimum atomic E-state index is 0.395. The molecule has 0 atom stereocenters. The van der Waals surface area contributed by atoms with Gasteiger partial charge < -0.3 is 9.13 Å². The molecule has 274 valence electrons. The molecule has 8 heteroatoms. The van der Waals surface area contributed by atoms with Crippen molar-refractivity contribution >= 4 is 43.6 Å². The number of fused-ring (bicyclic) bond motifs is 6. The number of rotatable bonds is 5. The van der Waals surface area contributed by atoms with Gasteiger partial charge in [0.25, 0.3) is 0 Å². The molecule has 0 spiro atoms. The SMILES string of the molecule is N#Cc1cc(C#N)cc(-c2ccc3c4ccccc4n(-c4cc(C#N)c(-c5ccncc5)cc4-n4c5ccccc5c5ccc(-c6cc(C#N)cc(C#N)c6)cc54)c3c2)c1. The summed E-state index contributed by atoms with van der Waals surface area (Å²) in [6, 6.07) is 58.2. The zero-order valence-electron chi connectivity index (χ0n) is 31.6. The number of aromatic nitrogens is 3. The monoisotopic (exact) mass is 762 g/mol. The Morgan fingerprint density at radius 3 is 1.23 bits per heavy atom. The summed E-state index contributed by atoms with van der Waals surface area (Å²) < 4.78 is 4.43. The van der Waals surface area contributed by atoms with Crippen LogP contribution in [0.2, 0.25) is 0 Å². The fourth-order valence-electron chi connectivity index (χ4n) is 8.46. The molecule has 10 rings (SSSR count). The van der Waals surface area contributed by atoms with E-state index in [1.165, 1.54) is 0 Å². The van der Waals surface area contributed by atoms with Crippen LogP contribution in [0.25, 0.3) is 88.4 Å². The van der Waals surface area contributed by atoms with Crippen LogP contribution in [0.5, 0.6) is 0 Å². The Labute approximate surface area is 343 Å². The largest absolute Gasteiger partial charge is 0.307 e. The molecule has 0 saturated carbocycles. The molecule has 60 heavy (non-hydrogen) atoms. The summed E-state index contributed by atoms with van der Waals surface area (Å²) in [5, 5.41) is 54.2. The van der Waals surface area contributed by atoms with Crippen molar-refractivity contribution in [3.8, 4) is 75.1 Å². The van der Waals surface area contributed by atoms with Gasteiger partial charge in [-0.05, 0) is 113 Å². The van der Waals surface area contributed by atoms with Gasteiger partial charge in [-0.15, -0.1) is 0 Å². The van der Waals surface area contributed by atoms with Crippen molar-refractivity contribution in [2.24, 2.45) is 0 Å². The Kier molecular flexibility index (Phi) is 8.23. The van der Waals surface area contributed by atoms with Crippen molar-refractivity contribution in [3.05, 3.63) is 186 Å². The summed E-state index contributed by atoms with van der Waals surface area (Å²) in [6.45, 7) is 0. The molecule has 8 nitrogen and oxygen atoms in total. The van der Waals surface area contributed by atoms with Gasteiger partial charge in [0.05, 0.1) is 91.6 Å². The first kappa shape index (κ1) is 35.2. The summed E-state index contributed by atoms with van der Waals surface area (Å²) in [5.74, 6) is 0. The standard InChI is InChI=1S/C52H26N8/c53-27-32-17-33(28-54)20-39(19-32)37-9-11-44-42-5-1-3-7-47(42)59(49(44)23-37)51-25-41(31-57)46(36-13-15-58-16-14-36)26-52(51)60-48-8-4-2-6-43(48)45-12-10-38(24-50(45)60)40-21-34(29-55)18-35(22-40)30-56/h1-26H. The molecule has 10 aromatic rings. The van der Waals surface area contributed by atoms with Crippen LogP contribution in [-0.2, 0) is 0 Å². The molecule has 0 unspecified atom stereocenters. The van der Waals surface area contributed by atoms with Gasteiger partial charge in [0.15, 0.2) is 0 Å². The van der Waals surface area contributed by atoms with Gasteiger partial charge in [-0.2, -0.15) is 26.3 Å². The lowest BCUT2D eigenvalue weighted by Gasteiger charge is -2.20. The van der Waals surface area contributed by atoms with E-state index in [9.17, 15) is 26.3 Å². The molecule has 3 heterocycles. The zero-order valence-corrected chi connectivity index (χ0v) is 31.6. The Bertz CT molecular complexity index is 3600. The molecule has 0 saturated heterocycles. The number of hydrogen-bond acceptors (Lipinski definition) is 6. The van der Waals surface area contributed by atoms with Gasteiger partial charge in [0.2, 0.25) is 0 Å². The average molecular weight is 763 g/mol. The number of pyridine rings is 1. The van der Waals surface area contributed by atoms with E-state index in [-0.39, 0.29) is 0 Å². The predicted octanol–water partition coefficient (Wildman–Crippen LogP) is 11.6. The Morgan fingerprint density at radius 2 is 0.783 bits per heavy atom. The van der Waals surface area contributed by atoms with Crippen LogP contribution in [0.15, 0.2) is 158 Å². The van der Waals surface area contributed by atoms with E-state index < -0.39 is 0 Å². The van der Waals surface area contributed by atoms with Gasteiger partial charge in [-0.1, -0.05) is 60.7 Å². The molecular weight excluding hydrogens is 737 g/mol. The maximum Gasteiger partial charge on any atom is 0.0998 e. The lowest BCUT2D eigenvalue weighted by atomic mass is 9.98. The van der Waals surface area contributed by atoms with E-state index in [2.05, 4.69) is 99.1 Å². The number of benzene rings is 7. The van der Waals surface area contributed by atoms with Gasteiger partial charge in [0, 0.05) is 39.5 Å². The highest BCUT2D eigenvalue weighted by Gasteiger charge is 2.23. The molecule has 3 aromatic heterocycles. The summed E-state index contributed by atoms with van der Waals surface area (Å²) >= 11 is 0. The Balaban J connectivity index is 1.34. The first-order chi connectivity index (χ1) is 29.5. The highest BCUT2D eigenvalue weighted by molar-refractivity contribution is 6.13. The molecule has 0 N–H and O–H groups in total. The lowest BCUT2D eigenvalue weighted by molar-refractivity contribution is 1.09. The third-order valence-corrected chi connectivity index (χ3v) is 11.1. The maximum absolute atomic E-state index is 10.9. The second kappa shape index (κ2) is 14.0. The molecular formula is C52H26N8.